The third-order valence-electron chi connectivity index (χ3n) is 2.62. The van der Waals surface area contributed by atoms with Gasteiger partial charge in [-0.05, 0) is 18.1 Å². The molecule has 78 valence electrons. The van der Waals surface area contributed by atoms with Crippen LogP contribution in [0.1, 0.15) is 19.8 Å². The van der Waals surface area contributed by atoms with E-state index in [4.69, 9.17) is 4.74 Å². The van der Waals surface area contributed by atoms with Gasteiger partial charge in [0.05, 0.1) is 6.10 Å². The summed E-state index contributed by atoms with van der Waals surface area (Å²) >= 11 is 0. The molecule has 1 fully saturated rings. The van der Waals surface area contributed by atoms with Crippen molar-refractivity contribution in [3.8, 4) is 0 Å². The fourth-order valence-corrected chi connectivity index (χ4v) is 1.84. The van der Waals surface area contributed by atoms with Crippen LogP contribution in [0, 0.1) is 5.92 Å². The molecule has 2 heterocycles. The van der Waals surface area contributed by atoms with Crippen LogP contribution in [0.2, 0.25) is 0 Å². The van der Waals surface area contributed by atoms with Crippen molar-refractivity contribution in [3.63, 3.8) is 0 Å². The first kappa shape index (κ1) is 9.39. The minimum Gasteiger partial charge on any atom is -0.378 e. The molecule has 6 heteroatoms. The van der Waals surface area contributed by atoms with E-state index in [0.717, 1.165) is 26.0 Å². The van der Waals surface area contributed by atoms with Crippen molar-refractivity contribution in [2.45, 2.75) is 25.9 Å². The van der Waals surface area contributed by atoms with Crippen molar-refractivity contribution in [2.75, 3.05) is 18.5 Å². The van der Waals surface area contributed by atoms with Crippen LogP contribution in [-0.2, 0) is 4.74 Å². The molecule has 2 atom stereocenters. The highest BCUT2D eigenvalue weighted by molar-refractivity contribution is 5.18. The Morgan fingerprint density at radius 2 is 2.57 bits per heavy atom. The first-order valence-corrected chi connectivity index (χ1v) is 4.99. The van der Waals surface area contributed by atoms with E-state index in [1.807, 2.05) is 0 Å². The maximum absolute atomic E-state index is 5.58. The maximum atomic E-state index is 5.58. The predicted octanol–water partition coefficient (Wildman–Crippen LogP) is 0.427. The highest BCUT2D eigenvalue weighted by Gasteiger charge is 2.26. The minimum atomic E-state index is 0.384. The Balaban J connectivity index is 1.80. The molecule has 2 rings (SSSR count). The molecular formula is C8H15N5O. The van der Waals surface area contributed by atoms with Crippen molar-refractivity contribution in [1.82, 2.24) is 20.6 Å². The topological polar surface area (TPSA) is 75.7 Å². The molecule has 0 saturated carbocycles. The molecular weight excluding hydrogens is 182 g/mol. The second-order valence-electron chi connectivity index (χ2n) is 3.48. The van der Waals surface area contributed by atoms with Gasteiger partial charge in [0.15, 0.2) is 0 Å². The van der Waals surface area contributed by atoms with E-state index in [9.17, 15) is 0 Å². The van der Waals surface area contributed by atoms with Crippen LogP contribution in [0.15, 0.2) is 0 Å². The summed E-state index contributed by atoms with van der Waals surface area (Å²) in [5.74, 6) is 1.13. The van der Waals surface area contributed by atoms with Gasteiger partial charge in [0.25, 0.3) is 5.95 Å². The number of H-pyrrole nitrogens is 1. The summed E-state index contributed by atoms with van der Waals surface area (Å²) in [5.41, 5.74) is 0. The lowest BCUT2D eigenvalue weighted by Gasteiger charge is -2.16. The third kappa shape index (κ3) is 2.01. The molecule has 1 aliphatic rings. The zero-order valence-corrected chi connectivity index (χ0v) is 8.23. The maximum Gasteiger partial charge on any atom is 0.263 e. The van der Waals surface area contributed by atoms with Crippen LogP contribution < -0.4 is 5.32 Å². The normalized spacial score (nSPS) is 26.6. The zero-order chi connectivity index (χ0) is 9.80. The molecule has 0 bridgehead atoms. The molecule has 1 aliphatic heterocycles. The summed E-state index contributed by atoms with van der Waals surface area (Å²) in [6.07, 6.45) is 2.57. The lowest BCUT2D eigenvalue weighted by Crippen LogP contribution is -2.23. The summed E-state index contributed by atoms with van der Waals surface area (Å²) in [6, 6.07) is 0. The number of anilines is 1. The Kier molecular flexibility index (Phi) is 2.93. The molecule has 1 aromatic heterocycles. The number of rotatable bonds is 4. The quantitative estimate of drug-likeness (QED) is 0.732. The van der Waals surface area contributed by atoms with Crippen LogP contribution in [0.4, 0.5) is 5.95 Å². The number of nitrogens with one attached hydrogen (secondary N) is 2. The van der Waals surface area contributed by atoms with E-state index < -0.39 is 0 Å². The molecule has 2 unspecified atom stereocenters. The Labute approximate surface area is 82.4 Å². The predicted molar refractivity (Wildman–Crippen MR) is 50.8 cm³/mol. The number of ether oxygens (including phenoxy) is 1. The van der Waals surface area contributed by atoms with Gasteiger partial charge in [-0.15, -0.1) is 5.10 Å². The van der Waals surface area contributed by atoms with Crippen LogP contribution in [0.3, 0.4) is 0 Å². The van der Waals surface area contributed by atoms with Gasteiger partial charge in [0, 0.05) is 19.1 Å². The molecule has 1 aromatic rings. The van der Waals surface area contributed by atoms with Crippen LogP contribution >= 0.6 is 0 Å². The third-order valence-corrected chi connectivity index (χ3v) is 2.62. The number of aromatic amines is 1. The summed E-state index contributed by atoms with van der Waals surface area (Å²) in [5, 5.41) is 16.7. The van der Waals surface area contributed by atoms with Gasteiger partial charge >= 0.3 is 0 Å². The van der Waals surface area contributed by atoms with E-state index >= 15 is 0 Å². The lowest BCUT2D eigenvalue weighted by atomic mass is 10.00. The summed E-state index contributed by atoms with van der Waals surface area (Å²) in [4.78, 5) is 0. The van der Waals surface area contributed by atoms with E-state index in [2.05, 4.69) is 32.9 Å². The summed E-state index contributed by atoms with van der Waals surface area (Å²) in [6.45, 7) is 3.88. The highest BCUT2D eigenvalue weighted by atomic mass is 16.5. The molecule has 0 radical (unpaired) electrons. The minimum absolute atomic E-state index is 0.384. The molecule has 1 saturated heterocycles. The van der Waals surface area contributed by atoms with E-state index in [-0.39, 0.29) is 0 Å². The average Bonchev–Trinajstić information content (AvgIpc) is 2.85. The molecule has 0 aromatic carbocycles. The lowest BCUT2D eigenvalue weighted by molar-refractivity contribution is 0.0900. The fraction of sp³-hybridized carbons (Fsp3) is 0.875. The zero-order valence-electron chi connectivity index (χ0n) is 8.23. The van der Waals surface area contributed by atoms with Crippen LogP contribution in [0.25, 0.3) is 0 Å². The number of aromatic nitrogens is 4. The van der Waals surface area contributed by atoms with Gasteiger partial charge in [-0.1, -0.05) is 12.0 Å². The number of nitrogens with zero attached hydrogens (tertiary/aromatic N) is 3. The molecule has 14 heavy (non-hydrogen) atoms. The Bertz CT molecular complexity index is 263. The van der Waals surface area contributed by atoms with Crippen molar-refractivity contribution >= 4 is 5.95 Å². The number of hydrogen-bond acceptors (Lipinski definition) is 5. The van der Waals surface area contributed by atoms with Gasteiger partial charge in [-0.25, -0.2) is 0 Å². The largest absolute Gasteiger partial charge is 0.378 e. The van der Waals surface area contributed by atoms with Crippen molar-refractivity contribution in [1.29, 1.82) is 0 Å². The van der Waals surface area contributed by atoms with Gasteiger partial charge < -0.3 is 10.1 Å². The monoisotopic (exact) mass is 197 g/mol. The van der Waals surface area contributed by atoms with Gasteiger partial charge in [0.1, 0.15) is 0 Å². The van der Waals surface area contributed by atoms with E-state index in [1.165, 1.54) is 0 Å². The van der Waals surface area contributed by atoms with Gasteiger partial charge in [-0.2, -0.15) is 5.21 Å². The van der Waals surface area contributed by atoms with Crippen LogP contribution in [0.5, 0.6) is 0 Å². The first-order chi connectivity index (χ1) is 6.90. The second-order valence-corrected chi connectivity index (χ2v) is 3.48. The fourth-order valence-electron chi connectivity index (χ4n) is 1.84. The number of tetrazole rings is 1. The van der Waals surface area contributed by atoms with Crippen molar-refractivity contribution in [2.24, 2.45) is 5.92 Å². The Morgan fingerprint density at radius 1 is 1.64 bits per heavy atom. The van der Waals surface area contributed by atoms with Crippen LogP contribution in [-0.4, -0.2) is 39.9 Å². The first-order valence-electron chi connectivity index (χ1n) is 4.99. The van der Waals surface area contributed by atoms with E-state index in [0.29, 0.717) is 18.0 Å². The van der Waals surface area contributed by atoms with Crippen molar-refractivity contribution in [3.05, 3.63) is 0 Å². The summed E-state index contributed by atoms with van der Waals surface area (Å²) in [7, 11) is 0. The Hall–Kier alpha value is -1.17. The van der Waals surface area contributed by atoms with Gasteiger partial charge in [0.2, 0.25) is 0 Å². The number of hydrogen-bond donors (Lipinski definition) is 2. The average molecular weight is 197 g/mol. The molecule has 2 N–H and O–H groups in total. The molecule has 6 nitrogen and oxygen atoms in total. The molecule has 0 amide bonds. The second kappa shape index (κ2) is 4.36. The molecule has 0 aliphatic carbocycles. The SMILES string of the molecule is CCC1OCCC1CNc1nn[nH]n1. The van der Waals surface area contributed by atoms with Gasteiger partial charge in [-0.3, -0.25) is 0 Å². The van der Waals surface area contributed by atoms with E-state index in [1.54, 1.807) is 0 Å². The standard InChI is InChI=1S/C8H15N5O/c1-2-7-6(3-4-14-7)5-9-8-10-12-13-11-8/h6-7H,2-5H2,1H3,(H2,9,10,11,12,13). The smallest absolute Gasteiger partial charge is 0.263 e. The van der Waals surface area contributed by atoms with Crippen molar-refractivity contribution < 1.29 is 4.74 Å². The molecule has 0 spiro atoms. The summed E-state index contributed by atoms with van der Waals surface area (Å²) < 4.78 is 5.58. The Morgan fingerprint density at radius 3 is 3.29 bits per heavy atom. The highest BCUT2D eigenvalue weighted by Crippen LogP contribution is 2.23.